The Kier molecular flexibility index (Phi) is 4.77. The zero-order valence-corrected chi connectivity index (χ0v) is 16.7. The first kappa shape index (κ1) is 19.4. The van der Waals surface area contributed by atoms with Gasteiger partial charge in [-0.3, -0.25) is 15.0 Å². The van der Waals surface area contributed by atoms with Crippen LogP contribution in [0.15, 0.2) is 48.5 Å². The van der Waals surface area contributed by atoms with Crippen molar-refractivity contribution in [1.82, 2.24) is 4.90 Å². The normalized spacial score (nSPS) is 22.7. The van der Waals surface area contributed by atoms with E-state index >= 15 is 0 Å². The maximum atomic E-state index is 13.2. The molecule has 2 saturated heterocycles. The summed E-state index contributed by atoms with van der Waals surface area (Å²) in [5, 5.41) is 11.0. The molecule has 152 valence electrons. The summed E-state index contributed by atoms with van der Waals surface area (Å²) >= 11 is 0. The van der Waals surface area contributed by atoms with Crippen LogP contribution in [0.1, 0.15) is 18.1 Å². The number of nitro benzene ring substituents is 1. The third kappa shape index (κ3) is 3.57. The number of benzene rings is 2. The first-order valence-corrected chi connectivity index (χ1v) is 11.2. The van der Waals surface area contributed by atoms with Gasteiger partial charge in [0.25, 0.3) is 5.69 Å². The maximum Gasteiger partial charge on any atom is 0.325 e. The van der Waals surface area contributed by atoms with Gasteiger partial charge in [-0.2, -0.15) is 0 Å². The average molecular weight is 415 g/mol. The predicted octanol–water partition coefficient (Wildman–Crippen LogP) is 2.77. The topological polar surface area (TPSA) is 101 Å². The molecule has 2 aliphatic rings. The number of hydrogen-bond acceptors (Lipinski definition) is 5. The number of rotatable bonds is 5. The third-order valence-electron chi connectivity index (χ3n) is 5.57. The second-order valence-corrected chi connectivity index (χ2v) is 9.59. The van der Waals surface area contributed by atoms with Crippen LogP contribution in [0.25, 0.3) is 0 Å². The van der Waals surface area contributed by atoms with Crippen LogP contribution in [0.4, 0.5) is 16.2 Å². The molecule has 2 atom stereocenters. The van der Waals surface area contributed by atoms with E-state index in [-0.39, 0.29) is 29.8 Å². The Hall–Kier alpha value is -2.94. The molecule has 29 heavy (non-hydrogen) atoms. The molecule has 9 heteroatoms. The maximum absolute atomic E-state index is 13.2. The molecule has 0 N–H and O–H groups in total. The fourth-order valence-electron chi connectivity index (χ4n) is 4.12. The van der Waals surface area contributed by atoms with Crippen molar-refractivity contribution in [3.8, 4) is 0 Å². The van der Waals surface area contributed by atoms with Crippen molar-refractivity contribution in [2.75, 3.05) is 16.4 Å². The zero-order chi connectivity index (χ0) is 20.8. The Morgan fingerprint density at radius 3 is 2.41 bits per heavy atom. The van der Waals surface area contributed by atoms with E-state index in [4.69, 9.17) is 0 Å². The summed E-state index contributed by atoms with van der Waals surface area (Å²) in [5.74, 6) is -0.174. The summed E-state index contributed by atoms with van der Waals surface area (Å²) in [6.07, 6.45) is 0.869. The summed E-state index contributed by atoms with van der Waals surface area (Å²) in [6.45, 7) is 2.16. The molecule has 8 nitrogen and oxygen atoms in total. The van der Waals surface area contributed by atoms with Gasteiger partial charge in [0.1, 0.15) is 0 Å². The van der Waals surface area contributed by atoms with Crippen molar-refractivity contribution < 1.29 is 18.1 Å². The highest BCUT2D eigenvalue weighted by molar-refractivity contribution is 7.91. The van der Waals surface area contributed by atoms with E-state index in [0.29, 0.717) is 11.3 Å². The Morgan fingerprint density at radius 2 is 1.76 bits per heavy atom. The Morgan fingerprint density at radius 1 is 1.07 bits per heavy atom. The minimum Gasteiger partial charge on any atom is -0.314 e. The molecule has 0 bridgehead atoms. The monoisotopic (exact) mass is 415 g/mol. The molecule has 4 rings (SSSR count). The highest BCUT2D eigenvalue weighted by atomic mass is 32.2. The van der Waals surface area contributed by atoms with Gasteiger partial charge in [0.05, 0.1) is 28.5 Å². The number of amides is 2. The Balaban J connectivity index is 1.68. The lowest BCUT2D eigenvalue weighted by atomic mass is 10.1. The van der Waals surface area contributed by atoms with E-state index in [2.05, 4.69) is 0 Å². The highest BCUT2D eigenvalue weighted by Gasteiger charge is 2.53. The lowest BCUT2D eigenvalue weighted by Crippen LogP contribution is -2.37. The molecule has 0 radical (unpaired) electrons. The van der Waals surface area contributed by atoms with Crippen LogP contribution in [0.2, 0.25) is 0 Å². The SMILES string of the molecule is CCc1ccc(N2C(=O)N(Cc3cccc([N+](=O)[O-])c3)C3CS(=O)(=O)CC32)cc1. The van der Waals surface area contributed by atoms with Gasteiger partial charge < -0.3 is 4.90 Å². The van der Waals surface area contributed by atoms with Crippen molar-refractivity contribution in [2.45, 2.75) is 32.0 Å². The number of urea groups is 1. The lowest BCUT2D eigenvalue weighted by Gasteiger charge is -2.23. The van der Waals surface area contributed by atoms with Crippen molar-refractivity contribution in [2.24, 2.45) is 0 Å². The Labute approximate surface area is 168 Å². The molecule has 0 saturated carbocycles. The second kappa shape index (κ2) is 7.14. The van der Waals surface area contributed by atoms with Crippen LogP contribution < -0.4 is 4.90 Å². The molecule has 2 unspecified atom stereocenters. The second-order valence-electron chi connectivity index (χ2n) is 7.44. The quantitative estimate of drug-likeness (QED) is 0.425. The van der Waals surface area contributed by atoms with Crippen molar-refractivity contribution in [3.05, 3.63) is 69.8 Å². The molecular formula is C20H21N3O5S. The molecule has 2 amide bonds. The minimum atomic E-state index is -3.27. The third-order valence-corrected chi connectivity index (χ3v) is 7.27. The number of nitrogens with zero attached hydrogens (tertiary/aromatic N) is 3. The van der Waals surface area contributed by atoms with E-state index in [1.54, 1.807) is 17.0 Å². The minimum absolute atomic E-state index is 0.0586. The van der Waals surface area contributed by atoms with E-state index in [1.807, 2.05) is 31.2 Å². The van der Waals surface area contributed by atoms with Crippen molar-refractivity contribution in [1.29, 1.82) is 0 Å². The number of non-ortho nitro benzene ring substituents is 1. The van der Waals surface area contributed by atoms with Gasteiger partial charge >= 0.3 is 6.03 Å². The zero-order valence-electron chi connectivity index (χ0n) is 15.9. The first-order valence-electron chi connectivity index (χ1n) is 9.41. The Bertz CT molecular complexity index is 1070. The molecule has 2 aromatic carbocycles. The van der Waals surface area contributed by atoms with Gasteiger partial charge in [-0.1, -0.05) is 31.2 Å². The van der Waals surface area contributed by atoms with Crippen LogP contribution in [0.3, 0.4) is 0 Å². The molecule has 0 aliphatic carbocycles. The molecule has 0 spiro atoms. The van der Waals surface area contributed by atoms with Crippen LogP contribution in [0.5, 0.6) is 0 Å². The summed E-state index contributed by atoms with van der Waals surface area (Å²) in [6, 6.07) is 12.4. The number of sulfone groups is 1. The smallest absolute Gasteiger partial charge is 0.314 e. The number of carbonyl (C=O) groups is 1. The standard InChI is InChI=1S/C20H21N3O5S/c1-2-14-6-8-16(9-7-14)22-19-13-29(27,28)12-18(19)21(20(22)24)11-15-4-3-5-17(10-15)23(25)26/h3-10,18-19H,2,11-13H2,1H3. The molecule has 2 aromatic rings. The summed E-state index contributed by atoms with van der Waals surface area (Å²) in [4.78, 5) is 26.9. The van der Waals surface area contributed by atoms with Crippen molar-refractivity contribution in [3.63, 3.8) is 0 Å². The van der Waals surface area contributed by atoms with Gasteiger partial charge in [-0.15, -0.1) is 0 Å². The van der Waals surface area contributed by atoms with Gasteiger partial charge in [0.2, 0.25) is 0 Å². The van der Waals surface area contributed by atoms with Crippen molar-refractivity contribution >= 4 is 27.2 Å². The fourth-order valence-corrected chi connectivity index (χ4v) is 6.07. The van der Waals surface area contributed by atoms with E-state index < -0.39 is 26.8 Å². The molecular weight excluding hydrogens is 394 g/mol. The number of anilines is 1. The largest absolute Gasteiger partial charge is 0.325 e. The molecule has 2 heterocycles. The average Bonchev–Trinajstić information content (AvgIpc) is 3.12. The van der Waals surface area contributed by atoms with Crippen LogP contribution in [-0.4, -0.2) is 47.9 Å². The summed E-state index contributed by atoms with van der Waals surface area (Å²) in [7, 11) is -3.27. The number of carbonyl (C=O) groups excluding carboxylic acids is 1. The van der Waals surface area contributed by atoms with E-state index in [0.717, 1.165) is 12.0 Å². The van der Waals surface area contributed by atoms with Crippen LogP contribution >= 0.6 is 0 Å². The molecule has 2 aliphatic heterocycles. The summed E-state index contributed by atoms with van der Waals surface area (Å²) < 4.78 is 24.6. The first-order chi connectivity index (χ1) is 13.8. The van der Waals surface area contributed by atoms with E-state index in [1.165, 1.54) is 17.0 Å². The van der Waals surface area contributed by atoms with Gasteiger partial charge in [-0.25, -0.2) is 13.2 Å². The van der Waals surface area contributed by atoms with Crippen LogP contribution in [0, 0.1) is 10.1 Å². The summed E-state index contributed by atoms with van der Waals surface area (Å²) in [5.41, 5.74) is 2.33. The fraction of sp³-hybridized carbons (Fsp3) is 0.350. The number of nitro groups is 1. The van der Waals surface area contributed by atoms with Gasteiger partial charge in [0, 0.05) is 24.4 Å². The molecule has 2 fully saturated rings. The lowest BCUT2D eigenvalue weighted by molar-refractivity contribution is -0.384. The molecule has 0 aromatic heterocycles. The van der Waals surface area contributed by atoms with E-state index in [9.17, 15) is 23.3 Å². The number of aryl methyl sites for hydroxylation is 1. The number of hydrogen-bond donors (Lipinski definition) is 0. The predicted molar refractivity (Wildman–Crippen MR) is 109 cm³/mol. The van der Waals surface area contributed by atoms with Gasteiger partial charge in [0.15, 0.2) is 9.84 Å². The van der Waals surface area contributed by atoms with Crippen LogP contribution in [-0.2, 0) is 22.8 Å². The highest BCUT2D eigenvalue weighted by Crippen LogP contribution is 2.36. The van der Waals surface area contributed by atoms with Gasteiger partial charge in [-0.05, 0) is 29.7 Å². The number of fused-ring (bicyclic) bond motifs is 1.